The lowest BCUT2D eigenvalue weighted by Crippen LogP contribution is -2.42. The number of pyridine rings is 1. The van der Waals surface area contributed by atoms with E-state index in [0.717, 1.165) is 12.1 Å². The number of nitrogens with one attached hydrogen (secondary N) is 1. The number of benzene rings is 1. The molecule has 0 bridgehead atoms. The van der Waals surface area contributed by atoms with Gasteiger partial charge in [0.2, 0.25) is 10.0 Å². The molecular formula is C21H27N3O3S. The van der Waals surface area contributed by atoms with Crippen LogP contribution in [0.15, 0.2) is 53.6 Å². The van der Waals surface area contributed by atoms with Crippen molar-refractivity contribution >= 4 is 15.9 Å². The van der Waals surface area contributed by atoms with Crippen molar-refractivity contribution in [1.82, 2.24) is 14.6 Å². The maximum absolute atomic E-state index is 13.1. The zero-order valence-electron chi connectivity index (χ0n) is 16.5. The molecule has 2 heterocycles. The van der Waals surface area contributed by atoms with Crippen molar-refractivity contribution in [2.75, 3.05) is 13.1 Å². The number of nitrogens with zero attached hydrogens (tertiary/aromatic N) is 2. The normalized spacial score (nSPS) is 21.8. The van der Waals surface area contributed by atoms with Crippen molar-refractivity contribution in [3.05, 3.63) is 59.9 Å². The lowest BCUT2D eigenvalue weighted by atomic mass is 9.94. The average Bonchev–Trinajstić information content (AvgIpc) is 2.68. The summed E-state index contributed by atoms with van der Waals surface area (Å²) in [7, 11) is -3.62. The number of carbonyl (C=O) groups excluding carboxylic acids is 1. The largest absolute Gasteiger partial charge is 0.344 e. The number of hydrogen-bond donors (Lipinski definition) is 1. The molecule has 3 unspecified atom stereocenters. The molecule has 3 atom stereocenters. The van der Waals surface area contributed by atoms with Gasteiger partial charge < -0.3 is 5.32 Å². The van der Waals surface area contributed by atoms with Crippen LogP contribution >= 0.6 is 0 Å². The maximum atomic E-state index is 13.1. The summed E-state index contributed by atoms with van der Waals surface area (Å²) in [4.78, 5) is 17.0. The van der Waals surface area contributed by atoms with E-state index >= 15 is 0 Å². The average molecular weight is 402 g/mol. The van der Waals surface area contributed by atoms with Crippen LogP contribution in [-0.4, -0.2) is 36.7 Å². The van der Waals surface area contributed by atoms with E-state index < -0.39 is 10.0 Å². The zero-order valence-corrected chi connectivity index (χ0v) is 17.3. The minimum absolute atomic E-state index is 0.159. The van der Waals surface area contributed by atoms with Gasteiger partial charge in [0.25, 0.3) is 5.91 Å². The topological polar surface area (TPSA) is 79.4 Å². The van der Waals surface area contributed by atoms with Crippen molar-refractivity contribution in [2.24, 2.45) is 11.8 Å². The van der Waals surface area contributed by atoms with Crippen molar-refractivity contribution in [1.29, 1.82) is 0 Å². The summed E-state index contributed by atoms with van der Waals surface area (Å²) in [5.74, 6) is 0.323. The fourth-order valence-corrected chi connectivity index (χ4v) is 5.46. The molecule has 1 saturated heterocycles. The van der Waals surface area contributed by atoms with Gasteiger partial charge in [0, 0.05) is 24.8 Å². The van der Waals surface area contributed by atoms with E-state index in [4.69, 9.17) is 0 Å². The Kier molecular flexibility index (Phi) is 6.15. The lowest BCUT2D eigenvalue weighted by Gasteiger charge is -2.34. The summed E-state index contributed by atoms with van der Waals surface area (Å²) >= 11 is 0. The molecule has 1 fully saturated rings. The smallest absolute Gasteiger partial charge is 0.251 e. The monoisotopic (exact) mass is 401 g/mol. The minimum Gasteiger partial charge on any atom is -0.344 e. The summed E-state index contributed by atoms with van der Waals surface area (Å²) in [5, 5.41) is 2.87. The quantitative estimate of drug-likeness (QED) is 0.834. The van der Waals surface area contributed by atoms with E-state index in [9.17, 15) is 13.2 Å². The molecule has 0 spiro atoms. The number of hydrogen-bond acceptors (Lipinski definition) is 4. The number of amides is 1. The Bertz CT molecular complexity index is 921. The highest BCUT2D eigenvalue weighted by Gasteiger charge is 2.32. The zero-order chi connectivity index (χ0) is 20.3. The van der Waals surface area contributed by atoms with Crippen LogP contribution in [0.2, 0.25) is 0 Å². The highest BCUT2D eigenvalue weighted by molar-refractivity contribution is 7.89. The molecule has 3 rings (SSSR count). The predicted octanol–water partition coefficient (Wildman–Crippen LogP) is 3.24. The molecule has 0 aliphatic carbocycles. The molecule has 28 heavy (non-hydrogen) atoms. The second kappa shape index (κ2) is 8.41. The van der Waals surface area contributed by atoms with E-state index in [1.807, 2.05) is 25.1 Å². The van der Waals surface area contributed by atoms with Crippen LogP contribution in [-0.2, 0) is 10.0 Å². The molecule has 0 radical (unpaired) electrons. The second-order valence-corrected chi connectivity index (χ2v) is 9.68. The van der Waals surface area contributed by atoms with Crippen LogP contribution in [0.25, 0.3) is 0 Å². The molecule has 150 valence electrons. The first-order valence-corrected chi connectivity index (χ1v) is 11.0. The van der Waals surface area contributed by atoms with Gasteiger partial charge in [-0.1, -0.05) is 26.0 Å². The van der Waals surface area contributed by atoms with Gasteiger partial charge in [-0.15, -0.1) is 0 Å². The molecular weight excluding hydrogens is 374 g/mol. The van der Waals surface area contributed by atoms with Gasteiger partial charge >= 0.3 is 0 Å². The molecule has 1 amide bonds. The van der Waals surface area contributed by atoms with Gasteiger partial charge in [-0.05, 0) is 55.5 Å². The number of rotatable bonds is 5. The van der Waals surface area contributed by atoms with Crippen LogP contribution < -0.4 is 5.32 Å². The molecule has 1 aromatic heterocycles. The number of sulfonamides is 1. The molecule has 1 aromatic carbocycles. The fraction of sp³-hybridized carbons (Fsp3) is 0.429. The molecule has 0 saturated carbocycles. The van der Waals surface area contributed by atoms with Gasteiger partial charge in [-0.25, -0.2) is 8.42 Å². The van der Waals surface area contributed by atoms with Crippen LogP contribution in [0.3, 0.4) is 0 Å². The van der Waals surface area contributed by atoms with Gasteiger partial charge in [-0.2, -0.15) is 4.31 Å². The Morgan fingerprint density at radius 1 is 1.14 bits per heavy atom. The van der Waals surface area contributed by atoms with Gasteiger partial charge in [0.1, 0.15) is 0 Å². The van der Waals surface area contributed by atoms with Gasteiger partial charge in [0.15, 0.2) is 0 Å². The third kappa shape index (κ3) is 4.59. The summed E-state index contributed by atoms with van der Waals surface area (Å²) < 4.78 is 27.7. The predicted molar refractivity (Wildman–Crippen MR) is 108 cm³/mol. The first-order valence-electron chi connectivity index (χ1n) is 9.59. The van der Waals surface area contributed by atoms with Gasteiger partial charge in [0.05, 0.1) is 16.6 Å². The number of aromatic nitrogens is 1. The number of piperidine rings is 1. The lowest BCUT2D eigenvalue weighted by molar-refractivity contribution is 0.0939. The van der Waals surface area contributed by atoms with Crippen LogP contribution in [0.1, 0.15) is 49.3 Å². The third-order valence-electron chi connectivity index (χ3n) is 5.05. The molecule has 6 nitrogen and oxygen atoms in total. The summed E-state index contributed by atoms with van der Waals surface area (Å²) in [6, 6.07) is 11.5. The van der Waals surface area contributed by atoms with Crippen molar-refractivity contribution < 1.29 is 13.2 Å². The Morgan fingerprint density at radius 3 is 2.50 bits per heavy atom. The first-order chi connectivity index (χ1) is 13.3. The maximum Gasteiger partial charge on any atom is 0.251 e. The number of carbonyl (C=O) groups is 1. The van der Waals surface area contributed by atoms with Crippen molar-refractivity contribution in [2.45, 2.75) is 38.1 Å². The highest BCUT2D eigenvalue weighted by Crippen LogP contribution is 2.27. The molecule has 1 aliphatic heterocycles. The molecule has 2 aromatic rings. The van der Waals surface area contributed by atoms with Crippen LogP contribution in [0.5, 0.6) is 0 Å². The van der Waals surface area contributed by atoms with E-state index in [1.54, 1.807) is 28.7 Å². The van der Waals surface area contributed by atoms with Crippen molar-refractivity contribution in [3.63, 3.8) is 0 Å². The minimum atomic E-state index is -3.62. The van der Waals surface area contributed by atoms with Crippen LogP contribution in [0.4, 0.5) is 0 Å². The summed E-state index contributed by atoms with van der Waals surface area (Å²) in [5.41, 5.74) is 1.07. The molecule has 1 aliphatic rings. The van der Waals surface area contributed by atoms with E-state index in [2.05, 4.69) is 24.1 Å². The standard InChI is InChI=1S/C21H27N3O3S/c1-15-11-16(2)14-24(13-15)28(26,27)19-8-6-7-18(12-19)21(25)23-17(3)20-9-4-5-10-22-20/h4-10,12,15-17H,11,13-14H2,1-3H3,(H,23,25). The SMILES string of the molecule is CC1CC(C)CN(S(=O)(=O)c2cccc(C(=O)NC(C)c3ccccn3)c2)C1. The van der Waals surface area contributed by atoms with E-state index in [1.165, 1.54) is 6.07 Å². The Morgan fingerprint density at radius 2 is 1.86 bits per heavy atom. The Hall–Kier alpha value is -2.25. The van der Waals surface area contributed by atoms with Gasteiger partial charge in [-0.3, -0.25) is 9.78 Å². The Labute approximate surface area is 167 Å². The fourth-order valence-electron chi connectivity index (χ4n) is 3.73. The first kappa shape index (κ1) is 20.5. The Balaban J connectivity index is 1.78. The second-order valence-electron chi connectivity index (χ2n) is 7.75. The summed E-state index contributed by atoms with van der Waals surface area (Å²) in [6.45, 7) is 7.01. The molecule has 7 heteroatoms. The third-order valence-corrected chi connectivity index (χ3v) is 6.88. The van der Waals surface area contributed by atoms with E-state index in [0.29, 0.717) is 30.5 Å². The summed E-state index contributed by atoms with van der Waals surface area (Å²) in [6.07, 6.45) is 2.70. The molecule has 1 N–H and O–H groups in total. The van der Waals surface area contributed by atoms with Crippen LogP contribution in [0, 0.1) is 11.8 Å². The van der Waals surface area contributed by atoms with E-state index in [-0.39, 0.29) is 16.8 Å². The highest BCUT2D eigenvalue weighted by atomic mass is 32.2. The van der Waals surface area contributed by atoms with Crippen molar-refractivity contribution in [3.8, 4) is 0 Å².